The summed E-state index contributed by atoms with van der Waals surface area (Å²) in [7, 11) is 4.26. The lowest BCUT2D eigenvalue weighted by Gasteiger charge is -2.14. The fraction of sp³-hybridized carbons (Fsp3) is 0.300. The molecule has 2 aromatic carbocycles. The molecule has 0 N–H and O–H groups in total. The number of fused-ring (bicyclic) bond motifs is 2. The molecular formula is C20H23NS. The fourth-order valence-electron chi connectivity index (χ4n) is 2.95. The SMILES string of the molecule is Cc1cccc2c1SCc1ccccc1/C2=C\CCN(C)C. The van der Waals surface area contributed by atoms with Crippen LogP contribution in [0.4, 0.5) is 0 Å². The first kappa shape index (κ1) is 15.4. The summed E-state index contributed by atoms with van der Waals surface area (Å²) in [5.41, 5.74) is 7.03. The summed E-state index contributed by atoms with van der Waals surface area (Å²) in [4.78, 5) is 3.68. The van der Waals surface area contributed by atoms with Crippen LogP contribution < -0.4 is 0 Å². The summed E-state index contributed by atoms with van der Waals surface area (Å²) in [6.45, 7) is 3.30. The first-order valence-corrected chi connectivity index (χ1v) is 8.81. The normalized spacial score (nSPS) is 15.5. The fourth-order valence-corrected chi connectivity index (χ4v) is 4.13. The van der Waals surface area contributed by atoms with Gasteiger partial charge in [0.1, 0.15) is 0 Å². The van der Waals surface area contributed by atoms with E-state index in [1.165, 1.54) is 32.7 Å². The van der Waals surface area contributed by atoms with Gasteiger partial charge >= 0.3 is 0 Å². The second-order valence-electron chi connectivity index (χ2n) is 6.11. The third-order valence-corrected chi connectivity index (χ3v) is 5.39. The van der Waals surface area contributed by atoms with E-state index in [9.17, 15) is 0 Å². The Balaban J connectivity index is 2.11. The van der Waals surface area contributed by atoms with E-state index in [1.807, 2.05) is 11.8 Å². The zero-order valence-corrected chi connectivity index (χ0v) is 14.4. The predicted molar refractivity (Wildman–Crippen MR) is 97.4 cm³/mol. The Morgan fingerprint density at radius 2 is 1.82 bits per heavy atom. The third-order valence-electron chi connectivity index (χ3n) is 4.11. The third kappa shape index (κ3) is 3.13. The van der Waals surface area contributed by atoms with Crippen molar-refractivity contribution in [2.24, 2.45) is 0 Å². The Labute approximate surface area is 138 Å². The molecule has 0 saturated heterocycles. The standard InChI is InChI=1S/C20H23NS/c1-15-8-6-11-19-18(12-7-13-21(2)3)17-10-5-4-9-16(17)14-22-20(15)19/h4-6,8-12H,7,13-14H2,1-3H3/b18-12+. The van der Waals surface area contributed by atoms with Gasteiger partial charge in [-0.05, 0) is 55.3 Å². The van der Waals surface area contributed by atoms with Crippen LogP contribution in [0.25, 0.3) is 5.57 Å². The highest BCUT2D eigenvalue weighted by molar-refractivity contribution is 7.98. The predicted octanol–water partition coefficient (Wildman–Crippen LogP) is 4.98. The number of hydrogen-bond donors (Lipinski definition) is 0. The summed E-state index contributed by atoms with van der Waals surface area (Å²) < 4.78 is 0. The maximum absolute atomic E-state index is 2.42. The summed E-state index contributed by atoms with van der Waals surface area (Å²) in [5.74, 6) is 1.05. The van der Waals surface area contributed by atoms with E-state index in [2.05, 4.69) is 74.5 Å². The van der Waals surface area contributed by atoms with Crippen LogP contribution in [-0.2, 0) is 5.75 Å². The van der Waals surface area contributed by atoms with E-state index < -0.39 is 0 Å². The van der Waals surface area contributed by atoms with Gasteiger partial charge in [-0.1, -0.05) is 48.5 Å². The summed E-state index contributed by atoms with van der Waals surface area (Å²) in [6, 6.07) is 15.5. The Bertz CT molecular complexity index is 701. The van der Waals surface area contributed by atoms with E-state index in [0.29, 0.717) is 0 Å². The minimum absolute atomic E-state index is 1.05. The van der Waals surface area contributed by atoms with E-state index in [0.717, 1.165) is 18.7 Å². The van der Waals surface area contributed by atoms with Crippen molar-refractivity contribution in [3.05, 3.63) is 70.8 Å². The average Bonchev–Trinajstić information content (AvgIpc) is 2.66. The Kier molecular flexibility index (Phi) is 4.70. The Hall–Kier alpha value is -1.51. The lowest BCUT2D eigenvalue weighted by atomic mass is 9.93. The summed E-state index contributed by atoms with van der Waals surface area (Å²) in [5, 5.41) is 0. The van der Waals surface area contributed by atoms with Gasteiger partial charge in [-0.3, -0.25) is 0 Å². The molecule has 0 aromatic heterocycles. The molecule has 2 aromatic rings. The first-order chi connectivity index (χ1) is 10.7. The van der Waals surface area contributed by atoms with E-state index in [4.69, 9.17) is 0 Å². The zero-order valence-electron chi connectivity index (χ0n) is 13.6. The topological polar surface area (TPSA) is 3.24 Å². The molecule has 22 heavy (non-hydrogen) atoms. The van der Waals surface area contributed by atoms with Gasteiger partial charge in [0.15, 0.2) is 0 Å². The van der Waals surface area contributed by atoms with Crippen LogP contribution in [0.5, 0.6) is 0 Å². The number of nitrogens with zero attached hydrogens (tertiary/aromatic N) is 1. The van der Waals surface area contributed by atoms with Gasteiger partial charge in [-0.25, -0.2) is 0 Å². The lowest BCUT2D eigenvalue weighted by molar-refractivity contribution is 0.417. The lowest BCUT2D eigenvalue weighted by Crippen LogP contribution is -2.12. The molecule has 0 saturated carbocycles. The van der Waals surface area contributed by atoms with Crippen molar-refractivity contribution >= 4 is 17.3 Å². The van der Waals surface area contributed by atoms with Gasteiger partial charge < -0.3 is 4.90 Å². The van der Waals surface area contributed by atoms with E-state index in [1.54, 1.807) is 0 Å². The molecule has 0 atom stereocenters. The zero-order chi connectivity index (χ0) is 15.5. The van der Waals surface area contributed by atoms with Crippen LogP contribution in [0.1, 0.15) is 28.7 Å². The molecule has 3 rings (SSSR count). The highest BCUT2D eigenvalue weighted by Crippen LogP contribution is 2.41. The molecule has 114 valence electrons. The molecular weight excluding hydrogens is 286 g/mol. The Morgan fingerprint density at radius 1 is 1.05 bits per heavy atom. The molecule has 1 aliphatic heterocycles. The summed E-state index contributed by atoms with van der Waals surface area (Å²) in [6.07, 6.45) is 3.50. The van der Waals surface area contributed by atoms with Crippen LogP contribution in [0, 0.1) is 6.92 Å². The number of thioether (sulfide) groups is 1. The number of hydrogen-bond acceptors (Lipinski definition) is 2. The van der Waals surface area contributed by atoms with Crippen LogP contribution >= 0.6 is 11.8 Å². The molecule has 1 aliphatic rings. The van der Waals surface area contributed by atoms with Crippen LogP contribution in [-0.4, -0.2) is 25.5 Å². The molecule has 1 nitrogen and oxygen atoms in total. The van der Waals surface area contributed by atoms with Gasteiger partial charge in [0.25, 0.3) is 0 Å². The molecule has 0 spiro atoms. The first-order valence-electron chi connectivity index (χ1n) is 7.83. The second-order valence-corrected chi connectivity index (χ2v) is 7.09. The van der Waals surface area contributed by atoms with Crippen LogP contribution in [0.3, 0.4) is 0 Å². The minimum atomic E-state index is 1.05. The quantitative estimate of drug-likeness (QED) is 0.786. The van der Waals surface area contributed by atoms with Gasteiger partial charge in [-0.15, -0.1) is 11.8 Å². The molecule has 2 heteroatoms. The van der Waals surface area contributed by atoms with Gasteiger partial charge in [-0.2, -0.15) is 0 Å². The maximum Gasteiger partial charge on any atom is 0.0238 e. The van der Waals surface area contributed by atoms with Gasteiger partial charge in [0.2, 0.25) is 0 Å². The molecule has 0 amide bonds. The highest BCUT2D eigenvalue weighted by atomic mass is 32.2. The van der Waals surface area contributed by atoms with Gasteiger partial charge in [0, 0.05) is 17.2 Å². The monoisotopic (exact) mass is 309 g/mol. The minimum Gasteiger partial charge on any atom is -0.309 e. The Morgan fingerprint density at radius 3 is 2.64 bits per heavy atom. The molecule has 0 unspecified atom stereocenters. The molecule has 0 aliphatic carbocycles. The van der Waals surface area contributed by atoms with Crippen molar-refractivity contribution < 1.29 is 0 Å². The van der Waals surface area contributed by atoms with Crippen molar-refractivity contribution in [1.82, 2.24) is 4.90 Å². The summed E-state index contributed by atoms with van der Waals surface area (Å²) >= 11 is 1.97. The van der Waals surface area contributed by atoms with Crippen molar-refractivity contribution in [1.29, 1.82) is 0 Å². The van der Waals surface area contributed by atoms with Crippen molar-refractivity contribution in [3.8, 4) is 0 Å². The van der Waals surface area contributed by atoms with E-state index in [-0.39, 0.29) is 0 Å². The smallest absolute Gasteiger partial charge is 0.0238 e. The number of aryl methyl sites for hydroxylation is 1. The van der Waals surface area contributed by atoms with Gasteiger partial charge in [0.05, 0.1) is 0 Å². The van der Waals surface area contributed by atoms with Crippen molar-refractivity contribution in [3.63, 3.8) is 0 Å². The molecule has 0 bridgehead atoms. The van der Waals surface area contributed by atoms with Crippen LogP contribution in [0.2, 0.25) is 0 Å². The molecule has 1 heterocycles. The maximum atomic E-state index is 2.42. The highest BCUT2D eigenvalue weighted by Gasteiger charge is 2.19. The van der Waals surface area contributed by atoms with Crippen molar-refractivity contribution in [2.75, 3.05) is 20.6 Å². The van der Waals surface area contributed by atoms with E-state index >= 15 is 0 Å². The van der Waals surface area contributed by atoms with Crippen LogP contribution in [0.15, 0.2) is 53.4 Å². The largest absolute Gasteiger partial charge is 0.309 e. The average molecular weight is 309 g/mol. The second kappa shape index (κ2) is 6.72. The van der Waals surface area contributed by atoms with Crippen molar-refractivity contribution in [2.45, 2.75) is 24.0 Å². The molecule has 0 radical (unpaired) electrons. The molecule has 0 fully saturated rings. The number of rotatable bonds is 3. The number of benzene rings is 2.